The Labute approximate surface area is 158 Å². The molecule has 1 amide bonds. The number of fused-ring (bicyclic) bond motifs is 2. The van der Waals surface area contributed by atoms with E-state index < -0.39 is 0 Å². The van der Waals surface area contributed by atoms with Gasteiger partial charge in [0.05, 0.1) is 0 Å². The van der Waals surface area contributed by atoms with Crippen LogP contribution >= 0.6 is 0 Å². The van der Waals surface area contributed by atoms with Gasteiger partial charge in [-0.25, -0.2) is 0 Å². The van der Waals surface area contributed by atoms with Gasteiger partial charge in [0.25, 0.3) is 5.91 Å². The molecule has 5 nitrogen and oxygen atoms in total. The zero-order chi connectivity index (χ0) is 18.2. The molecule has 1 aromatic heterocycles. The topological polar surface area (TPSA) is 49.3 Å². The maximum absolute atomic E-state index is 12.9. The Bertz CT molecular complexity index is 999. The lowest BCUT2D eigenvalue weighted by Crippen LogP contribution is -2.36. The van der Waals surface area contributed by atoms with Crippen LogP contribution in [-0.4, -0.2) is 34.1 Å². The monoisotopic (exact) mass is 356 g/mol. The number of hydrogen-bond acceptors (Lipinski definition) is 4. The summed E-state index contributed by atoms with van der Waals surface area (Å²) in [5.74, 6) is 0.742. The largest absolute Gasteiger partial charge is 0.333 e. The molecule has 0 unspecified atom stereocenters. The Morgan fingerprint density at radius 1 is 0.778 bits per heavy atom. The van der Waals surface area contributed by atoms with Gasteiger partial charge in [0, 0.05) is 25.3 Å². The van der Waals surface area contributed by atoms with Crippen molar-refractivity contribution in [3.63, 3.8) is 0 Å². The molecule has 2 aliphatic heterocycles. The quantitative estimate of drug-likeness (QED) is 0.706. The summed E-state index contributed by atoms with van der Waals surface area (Å²) in [6.45, 7) is 2.25. The summed E-state index contributed by atoms with van der Waals surface area (Å²) < 4.78 is 0. The third-order valence-electron chi connectivity index (χ3n) is 5.45. The molecule has 3 aromatic rings. The number of aromatic nitrogens is 2. The Balaban J connectivity index is 1.35. The van der Waals surface area contributed by atoms with Crippen molar-refractivity contribution < 1.29 is 4.79 Å². The van der Waals surface area contributed by atoms with Crippen LogP contribution in [0.3, 0.4) is 0 Å². The fraction of sp³-hybridized carbons (Fsp3) is 0.227. The van der Waals surface area contributed by atoms with Crippen molar-refractivity contribution in [1.82, 2.24) is 15.1 Å². The predicted octanol–water partition coefficient (Wildman–Crippen LogP) is 3.37. The van der Waals surface area contributed by atoms with Crippen molar-refractivity contribution in [2.45, 2.75) is 19.4 Å². The first kappa shape index (κ1) is 16.0. The highest BCUT2D eigenvalue weighted by molar-refractivity contribution is 5.92. The normalized spacial score (nSPS) is 15.4. The fourth-order valence-corrected chi connectivity index (χ4v) is 3.99. The van der Waals surface area contributed by atoms with Crippen LogP contribution < -0.4 is 4.90 Å². The molecule has 0 radical (unpaired) electrons. The maximum atomic E-state index is 12.9. The second-order valence-corrected chi connectivity index (χ2v) is 7.05. The Morgan fingerprint density at radius 3 is 2.33 bits per heavy atom. The molecule has 0 saturated carbocycles. The van der Waals surface area contributed by atoms with E-state index in [1.807, 2.05) is 23.1 Å². The van der Waals surface area contributed by atoms with Crippen LogP contribution in [0.25, 0.3) is 0 Å². The van der Waals surface area contributed by atoms with Crippen molar-refractivity contribution in [3.8, 4) is 0 Å². The summed E-state index contributed by atoms with van der Waals surface area (Å²) in [6, 6.07) is 20.4. The standard InChI is InChI=1S/C22H20N4O/c27-22(25-13-11-16-5-1-2-7-18(16)15-25)19-9-10-21(24-23-19)26-14-12-17-6-3-4-8-20(17)26/h1-10H,11-15H2. The summed E-state index contributed by atoms with van der Waals surface area (Å²) in [7, 11) is 0. The smallest absolute Gasteiger partial charge is 0.274 e. The first-order valence-electron chi connectivity index (χ1n) is 9.35. The predicted molar refractivity (Wildman–Crippen MR) is 104 cm³/mol. The van der Waals surface area contributed by atoms with Crippen LogP contribution in [0, 0.1) is 0 Å². The number of anilines is 2. The van der Waals surface area contributed by atoms with Gasteiger partial charge < -0.3 is 9.80 Å². The van der Waals surface area contributed by atoms with Gasteiger partial charge >= 0.3 is 0 Å². The molecular weight excluding hydrogens is 336 g/mol. The van der Waals surface area contributed by atoms with Gasteiger partial charge in [-0.1, -0.05) is 42.5 Å². The molecule has 0 N–H and O–H groups in total. The highest BCUT2D eigenvalue weighted by Gasteiger charge is 2.24. The first-order valence-corrected chi connectivity index (χ1v) is 9.35. The van der Waals surface area contributed by atoms with E-state index in [9.17, 15) is 4.79 Å². The molecule has 0 bridgehead atoms. The number of benzene rings is 2. The average molecular weight is 356 g/mol. The zero-order valence-corrected chi connectivity index (χ0v) is 15.0. The van der Waals surface area contributed by atoms with Crippen LogP contribution in [0.5, 0.6) is 0 Å². The lowest BCUT2D eigenvalue weighted by atomic mass is 10.00. The molecule has 5 rings (SSSR count). The number of para-hydroxylation sites is 1. The van der Waals surface area contributed by atoms with Gasteiger partial charge in [-0.15, -0.1) is 10.2 Å². The molecular formula is C22H20N4O. The van der Waals surface area contributed by atoms with E-state index in [4.69, 9.17) is 0 Å². The Kier molecular flexibility index (Phi) is 3.85. The molecule has 0 spiro atoms. The summed E-state index contributed by atoms with van der Waals surface area (Å²) in [5.41, 5.74) is 5.46. The highest BCUT2D eigenvalue weighted by atomic mass is 16.2. The van der Waals surface area contributed by atoms with E-state index in [2.05, 4.69) is 51.5 Å². The zero-order valence-electron chi connectivity index (χ0n) is 15.0. The molecule has 3 heterocycles. The lowest BCUT2D eigenvalue weighted by molar-refractivity contribution is 0.0727. The van der Waals surface area contributed by atoms with E-state index in [1.165, 1.54) is 22.4 Å². The molecule has 0 fully saturated rings. The van der Waals surface area contributed by atoms with E-state index in [1.54, 1.807) is 6.07 Å². The van der Waals surface area contributed by atoms with Crippen LogP contribution in [0.4, 0.5) is 11.5 Å². The molecule has 2 aromatic carbocycles. The second-order valence-electron chi connectivity index (χ2n) is 7.05. The SMILES string of the molecule is O=C(c1ccc(N2CCc3ccccc32)nn1)N1CCc2ccccc2C1. The lowest BCUT2D eigenvalue weighted by Gasteiger charge is -2.28. The van der Waals surface area contributed by atoms with Crippen molar-refractivity contribution in [2.75, 3.05) is 18.0 Å². The third-order valence-corrected chi connectivity index (χ3v) is 5.45. The maximum Gasteiger partial charge on any atom is 0.274 e. The molecule has 0 aliphatic carbocycles. The minimum atomic E-state index is -0.0506. The van der Waals surface area contributed by atoms with Gasteiger partial charge in [-0.05, 0) is 47.7 Å². The number of carbonyl (C=O) groups excluding carboxylic acids is 1. The van der Waals surface area contributed by atoms with Crippen LogP contribution in [0.1, 0.15) is 27.2 Å². The first-order chi connectivity index (χ1) is 13.3. The van der Waals surface area contributed by atoms with Gasteiger partial charge in [0.15, 0.2) is 11.5 Å². The molecule has 0 atom stereocenters. The van der Waals surface area contributed by atoms with Crippen LogP contribution in [-0.2, 0) is 19.4 Å². The summed E-state index contributed by atoms with van der Waals surface area (Å²) >= 11 is 0. The van der Waals surface area contributed by atoms with Crippen LogP contribution in [0.15, 0.2) is 60.7 Å². The van der Waals surface area contributed by atoms with Gasteiger partial charge in [0.1, 0.15) is 0 Å². The van der Waals surface area contributed by atoms with E-state index in [0.29, 0.717) is 12.2 Å². The Hall–Kier alpha value is -3.21. The molecule has 5 heteroatoms. The van der Waals surface area contributed by atoms with Gasteiger partial charge in [-0.2, -0.15) is 0 Å². The fourth-order valence-electron chi connectivity index (χ4n) is 3.99. The average Bonchev–Trinajstić information content (AvgIpc) is 3.17. The summed E-state index contributed by atoms with van der Waals surface area (Å²) in [5, 5.41) is 8.59. The summed E-state index contributed by atoms with van der Waals surface area (Å²) in [4.78, 5) is 16.9. The molecule has 2 aliphatic rings. The summed E-state index contributed by atoms with van der Waals surface area (Å²) in [6.07, 6.45) is 1.89. The number of amides is 1. The van der Waals surface area contributed by atoms with Gasteiger partial charge in [0.2, 0.25) is 0 Å². The molecule has 0 saturated heterocycles. The minimum Gasteiger partial charge on any atom is -0.333 e. The Morgan fingerprint density at radius 2 is 1.52 bits per heavy atom. The van der Waals surface area contributed by atoms with E-state index in [-0.39, 0.29) is 5.91 Å². The number of carbonyl (C=O) groups is 1. The van der Waals surface area contributed by atoms with E-state index in [0.717, 1.165) is 31.7 Å². The molecule has 134 valence electrons. The van der Waals surface area contributed by atoms with Gasteiger partial charge in [-0.3, -0.25) is 4.79 Å². The number of nitrogens with zero attached hydrogens (tertiary/aromatic N) is 4. The van der Waals surface area contributed by atoms with E-state index >= 15 is 0 Å². The highest BCUT2D eigenvalue weighted by Crippen LogP contribution is 2.32. The number of rotatable bonds is 2. The van der Waals surface area contributed by atoms with Crippen molar-refractivity contribution in [2.24, 2.45) is 0 Å². The van der Waals surface area contributed by atoms with Crippen LogP contribution in [0.2, 0.25) is 0 Å². The van der Waals surface area contributed by atoms with Crippen molar-refractivity contribution in [3.05, 3.63) is 83.0 Å². The third kappa shape index (κ3) is 2.85. The molecule has 27 heavy (non-hydrogen) atoms. The minimum absolute atomic E-state index is 0.0506. The number of hydrogen-bond donors (Lipinski definition) is 0. The second kappa shape index (κ2) is 6.50. The van der Waals surface area contributed by atoms with Crippen molar-refractivity contribution in [1.29, 1.82) is 0 Å². The van der Waals surface area contributed by atoms with Crippen molar-refractivity contribution >= 4 is 17.4 Å².